The SMILES string of the molecule is CN=C(NCc1cccc(S(=O)(=O)NC)c1)NCC(c1ccco1)N1CCCCC1. The highest BCUT2D eigenvalue weighted by Gasteiger charge is 2.24. The molecule has 0 radical (unpaired) electrons. The van der Waals surface area contributed by atoms with Gasteiger partial charge in [-0.15, -0.1) is 0 Å². The van der Waals surface area contributed by atoms with E-state index in [1.165, 1.54) is 26.3 Å². The second kappa shape index (κ2) is 10.6. The number of hydrogen-bond donors (Lipinski definition) is 3. The molecule has 2 aromatic rings. The van der Waals surface area contributed by atoms with Crippen molar-refractivity contribution in [1.82, 2.24) is 20.3 Å². The third kappa shape index (κ3) is 5.84. The Balaban J connectivity index is 1.60. The lowest BCUT2D eigenvalue weighted by Gasteiger charge is -2.33. The zero-order valence-electron chi connectivity index (χ0n) is 17.6. The first-order valence-electron chi connectivity index (χ1n) is 10.3. The largest absolute Gasteiger partial charge is 0.468 e. The van der Waals surface area contributed by atoms with E-state index in [0.29, 0.717) is 19.0 Å². The van der Waals surface area contributed by atoms with Crippen molar-refractivity contribution in [2.45, 2.75) is 36.7 Å². The van der Waals surface area contributed by atoms with E-state index < -0.39 is 10.0 Å². The van der Waals surface area contributed by atoms with Crippen molar-refractivity contribution < 1.29 is 12.8 Å². The highest BCUT2D eigenvalue weighted by atomic mass is 32.2. The van der Waals surface area contributed by atoms with Gasteiger partial charge in [0.2, 0.25) is 10.0 Å². The fourth-order valence-corrected chi connectivity index (χ4v) is 4.46. The van der Waals surface area contributed by atoms with Crippen LogP contribution in [0.1, 0.15) is 36.6 Å². The number of benzene rings is 1. The Morgan fingerprint density at radius 3 is 2.63 bits per heavy atom. The monoisotopic (exact) mass is 433 g/mol. The Kier molecular flexibility index (Phi) is 7.89. The highest BCUT2D eigenvalue weighted by molar-refractivity contribution is 7.89. The summed E-state index contributed by atoms with van der Waals surface area (Å²) in [6.45, 7) is 3.25. The minimum Gasteiger partial charge on any atom is -0.468 e. The number of nitrogens with zero attached hydrogens (tertiary/aromatic N) is 2. The van der Waals surface area contributed by atoms with Gasteiger partial charge in [0.25, 0.3) is 0 Å². The smallest absolute Gasteiger partial charge is 0.240 e. The molecule has 8 nitrogen and oxygen atoms in total. The fraction of sp³-hybridized carbons (Fsp3) is 0.476. The van der Waals surface area contributed by atoms with E-state index >= 15 is 0 Å². The highest BCUT2D eigenvalue weighted by Crippen LogP contribution is 2.24. The molecule has 1 saturated heterocycles. The molecule has 1 unspecified atom stereocenters. The number of guanidine groups is 1. The minimum absolute atomic E-state index is 0.142. The van der Waals surface area contributed by atoms with E-state index in [9.17, 15) is 8.42 Å². The number of sulfonamides is 1. The predicted octanol–water partition coefficient (Wildman–Crippen LogP) is 2.08. The Morgan fingerprint density at radius 2 is 1.97 bits per heavy atom. The summed E-state index contributed by atoms with van der Waals surface area (Å²) in [5, 5.41) is 6.65. The number of likely N-dealkylation sites (tertiary alicyclic amines) is 1. The molecule has 9 heteroatoms. The predicted molar refractivity (Wildman–Crippen MR) is 118 cm³/mol. The summed E-state index contributed by atoms with van der Waals surface area (Å²) in [4.78, 5) is 7.00. The molecule has 1 aliphatic rings. The lowest BCUT2D eigenvalue weighted by molar-refractivity contribution is 0.146. The number of furan rings is 1. The molecule has 1 atom stereocenters. The van der Waals surface area contributed by atoms with Gasteiger partial charge in [-0.2, -0.15) is 0 Å². The van der Waals surface area contributed by atoms with E-state index in [1.807, 2.05) is 18.2 Å². The normalized spacial score (nSPS) is 16.9. The molecule has 0 amide bonds. The number of nitrogens with one attached hydrogen (secondary N) is 3. The van der Waals surface area contributed by atoms with Crippen LogP contribution in [0.15, 0.2) is 57.0 Å². The molecular formula is C21H31N5O3S. The van der Waals surface area contributed by atoms with Crippen LogP contribution in [-0.4, -0.2) is 53.0 Å². The molecule has 0 saturated carbocycles. The lowest BCUT2D eigenvalue weighted by atomic mass is 10.1. The maximum absolute atomic E-state index is 12.0. The van der Waals surface area contributed by atoms with Crippen molar-refractivity contribution in [3.05, 3.63) is 54.0 Å². The second-order valence-electron chi connectivity index (χ2n) is 7.29. The first kappa shape index (κ1) is 22.3. The van der Waals surface area contributed by atoms with E-state index in [1.54, 1.807) is 31.5 Å². The van der Waals surface area contributed by atoms with Gasteiger partial charge in [0, 0.05) is 20.1 Å². The van der Waals surface area contributed by atoms with E-state index in [2.05, 4.69) is 25.2 Å². The van der Waals surface area contributed by atoms with Gasteiger partial charge in [0.1, 0.15) is 5.76 Å². The molecule has 164 valence electrons. The molecule has 0 spiro atoms. The fourth-order valence-electron chi connectivity index (χ4n) is 3.66. The van der Waals surface area contributed by atoms with Crippen LogP contribution in [0, 0.1) is 0 Å². The Bertz CT molecular complexity index is 922. The summed E-state index contributed by atoms with van der Waals surface area (Å²) in [5.41, 5.74) is 0.855. The Labute approximate surface area is 178 Å². The summed E-state index contributed by atoms with van der Waals surface area (Å²) in [5.74, 6) is 1.61. The zero-order chi connectivity index (χ0) is 21.4. The molecule has 0 bridgehead atoms. The van der Waals surface area contributed by atoms with Crippen molar-refractivity contribution in [1.29, 1.82) is 0 Å². The Hall–Kier alpha value is -2.36. The van der Waals surface area contributed by atoms with Gasteiger partial charge < -0.3 is 15.1 Å². The van der Waals surface area contributed by atoms with Gasteiger partial charge in [0.15, 0.2) is 5.96 Å². The number of hydrogen-bond acceptors (Lipinski definition) is 5. The molecule has 2 heterocycles. The van der Waals surface area contributed by atoms with Crippen LogP contribution in [0.3, 0.4) is 0 Å². The van der Waals surface area contributed by atoms with Crippen LogP contribution in [0.2, 0.25) is 0 Å². The quantitative estimate of drug-likeness (QED) is 0.436. The number of piperidine rings is 1. The molecule has 3 rings (SSSR count). The van der Waals surface area contributed by atoms with E-state index in [4.69, 9.17) is 4.42 Å². The van der Waals surface area contributed by atoms with Crippen molar-refractivity contribution >= 4 is 16.0 Å². The van der Waals surface area contributed by atoms with Crippen molar-refractivity contribution in [3.8, 4) is 0 Å². The summed E-state index contributed by atoms with van der Waals surface area (Å²) >= 11 is 0. The maximum atomic E-state index is 12.0. The molecule has 1 fully saturated rings. The third-order valence-electron chi connectivity index (χ3n) is 5.33. The van der Waals surface area contributed by atoms with Crippen molar-refractivity contribution in [2.75, 3.05) is 33.7 Å². The lowest BCUT2D eigenvalue weighted by Crippen LogP contribution is -2.44. The minimum atomic E-state index is -3.46. The van der Waals surface area contributed by atoms with Crippen LogP contribution in [-0.2, 0) is 16.6 Å². The van der Waals surface area contributed by atoms with Gasteiger partial charge in [-0.05, 0) is 62.8 Å². The van der Waals surface area contributed by atoms with Gasteiger partial charge >= 0.3 is 0 Å². The van der Waals surface area contributed by atoms with E-state index in [-0.39, 0.29) is 10.9 Å². The zero-order valence-corrected chi connectivity index (χ0v) is 18.4. The number of rotatable bonds is 8. The number of aliphatic imine (C=N–C) groups is 1. The van der Waals surface area contributed by atoms with Crippen LogP contribution >= 0.6 is 0 Å². The summed E-state index contributed by atoms with van der Waals surface area (Å²) in [6.07, 6.45) is 5.40. The van der Waals surface area contributed by atoms with E-state index in [0.717, 1.165) is 24.4 Å². The van der Waals surface area contributed by atoms with Crippen LogP contribution in [0.5, 0.6) is 0 Å². The van der Waals surface area contributed by atoms with Gasteiger partial charge in [0.05, 0.1) is 17.2 Å². The first-order chi connectivity index (χ1) is 14.5. The topological polar surface area (TPSA) is 99.0 Å². The molecule has 1 aliphatic heterocycles. The average molecular weight is 434 g/mol. The van der Waals surface area contributed by atoms with Crippen molar-refractivity contribution in [2.24, 2.45) is 4.99 Å². The molecule has 3 N–H and O–H groups in total. The van der Waals surface area contributed by atoms with Crippen LogP contribution in [0.4, 0.5) is 0 Å². The molecule has 30 heavy (non-hydrogen) atoms. The van der Waals surface area contributed by atoms with Crippen LogP contribution in [0.25, 0.3) is 0 Å². The molecular weight excluding hydrogens is 402 g/mol. The summed E-state index contributed by atoms with van der Waals surface area (Å²) < 4.78 is 32.0. The van der Waals surface area contributed by atoms with Gasteiger partial charge in [-0.3, -0.25) is 9.89 Å². The molecule has 1 aromatic heterocycles. The first-order valence-corrected chi connectivity index (χ1v) is 11.8. The van der Waals surface area contributed by atoms with Gasteiger partial charge in [-0.1, -0.05) is 18.6 Å². The molecule has 0 aliphatic carbocycles. The molecule has 1 aromatic carbocycles. The third-order valence-corrected chi connectivity index (χ3v) is 6.74. The summed E-state index contributed by atoms with van der Waals surface area (Å²) in [6, 6.07) is 10.9. The Morgan fingerprint density at radius 1 is 1.17 bits per heavy atom. The standard InChI is InChI=1S/C21H31N5O3S/c1-22-21(24-15-17-8-6-9-18(14-17)30(27,28)23-2)25-16-19(20-10-7-13-29-20)26-11-4-3-5-12-26/h6-10,13-14,19,23H,3-5,11-12,15-16H2,1-2H3,(H2,22,24,25). The maximum Gasteiger partial charge on any atom is 0.240 e. The second-order valence-corrected chi connectivity index (χ2v) is 9.18. The van der Waals surface area contributed by atoms with Crippen LogP contribution < -0.4 is 15.4 Å². The van der Waals surface area contributed by atoms with Gasteiger partial charge in [-0.25, -0.2) is 13.1 Å². The van der Waals surface area contributed by atoms with Crippen molar-refractivity contribution in [3.63, 3.8) is 0 Å². The summed E-state index contributed by atoms with van der Waals surface area (Å²) in [7, 11) is -0.335. The average Bonchev–Trinajstić information content (AvgIpc) is 3.31.